The minimum Gasteiger partial charge on any atom is -0.353 e. The zero-order valence-corrected chi connectivity index (χ0v) is 13.4. The Labute approximate surface area is 131 Å². The number of hydrogen-bond donors (Lipinski definition) is 1. The molecule has 120 valence electrons. The Hall–Kier alpha value is -1.40. The standard InChI is InChI=1S/C16H22N2O3S/c19-16(17-15-6-7-15)14-8-10-18(11-9-14)22(20,21)12-13-4-2-1-3-5-13/h1-5,14-15H,6-12H2,(H,17,19). The molecule has 22 heavy (non-hydrogen) atoms. The number of rotatable bonds is 5. The number of nitrogens with zero attached hydrogens (tertiary/aromatic N) is 1. The van der Waals surface area contributed by atoms with Gasteiger partial charge in [0.25, 0.3) is 0 Å². The second kappa shape index (κ2) is 6.38. The molecule has 6 heteroatoms. The third kappa shape index (κ3) is 3.87. The molecule has 1 aromatic rings. The molecule has 0 unspecified atom stereocenters. The fourth-order valence-corrected chi connectivity index (χ4v) is 4.38. The van der Waals surface area contributed by atoms with Crippen LogP contribution in [0, 0.1) is 5.92 Å². The van der Waals surface area contributed by atoms with E-state index < -0.39 is 10.0 Å². The maximum Gasteiger partial charge on any atom is 0.223 e. The van der Waals surface area contributed by atoms with Crippen molar-refractivity contribution in [3.05, 3.63) is 35.9 Å². The second-order valence-electron chi connectivity index (χ2n) is 6.20. The Morgan fingerprint density at radius 1 is 1.09 bits per heavy atom. The van der Waals surface area contributed by atoms with Gasteiger partial charge in [-0.15, -0.1) is 0 Å². The molecule has 2 fully saturated rings. The average molecular weight is 322 g/mol. The zero-order chi connectivity index (χ0) is 15.6. The molecule has 1 N–H and O–H groups in total. The third-order valence-corrected chi connectivity index (χ3v) is 6.18. The predicted octanol–water partition coefficient (Wildman–Crippen LogP) is 1.51. The Morgan fingerprint density at radius 3 is 2.32 bits per heavy atom. The molecule has 1 saturated heterocycles. The van der Waals surface area contributed by atoms with E-state index in [4.69, 9.17) is 0 Å². The van der Waals surface area contributed by atoms with Gasteiger partial charge in [0.15, 0.2) is 0 Å². The van der Waals surface area contributed by atoms with Gasteiger partial charge < -0.3 is 5.32 Å². The van der Waals surface area contributed by atoms with Crippen LogP contribution in [0.15, 0.2) is 30.3 Å². The molecule has 1 heterocycles. The summed E-state index contributed by atoms with van der Waals surface area (Å²) in [5.74, 6) is 0.0960. The zero-order valence-electron chi connectivity index (χ0n) is 12.6. The van der Waals surface area contributed by atoms with Gasteiger partial charge in [0.1, 0.15) is 0 Å². The van der Waals surface area contributed by atoms with Gasteiger partial charge in [-0.2, -0.15) is 0 Å². The van der Waals surface area contributed by atoms with Crippen molar-refractivity contribution in [2.45, 2.75) is 37.5 Å². The SMILES string of the molecule is O=C(NC1CC1)C1CCN(S(=O)(=O)Cc2ccccc2)CC1. The first kappa shape index (κ1) is 15.5. The Morgan fingerprint density at radius 2 is 1.73 bits per heavy atom. The maximum atomic E-state index is 12.4. The molecule has 0 aromatic heterocycles. The molecular weight excluding hydrogens is 300 g/mol. The molecule has 0 radical (unpaired) electrons. The number of nitrogens with one attached hydrogen (secondary N) is 1. The fourth-order valence-electron chi connectivity index (χ4n) is 2.82. The number of sulfonamides is 1. The van der Waals surface area contributed by atoms with Crippen molar-refractivity contribution in [3.63, 3.8) is 0 Å². The van der Waals surface area contributed by atoms with Crippen molar-refractivity contribution in [3.8, 4) is 0 Å². The van der Waals surface area contributed by atoms with E-state index in [1.807, 2.05) is 30.3 Å². The minimum atomic E-state index is -3.29. The summed E-state index contributed by atoms with van der Waals surface area (Å²) in [7, 11) is -3.29. The minimum absolute atomic E-state index is 0.0345. The predicted molar refractivity (Wildman–Crippen MR) is 84.5 cm³/mol. The van der Waals surface area contributed by atoms with Crippen LogP contribution in [0.4, 0.5) is 0 Å². The molecule has 1 amide bonds. The van der Waals surface area contributed by atoms with Crippen LogP contribution in [-0.2, 0) is 20.6 Å². The summed E-state index contributed by atoms with van der Waals surface area (Å²) in [6, 6.07) is 9.59. The first-order valence-electron chi connectivity index (χ1n) is 7.87. The van der Waals surface area contributed by atoms with Crippen LogP contribution in [0.2, 0.25) is 0 Å². The highest BCUT2D eigenvalue weighted by Crippen LogP contribution is 2.24. The molecule has 0 bridgehead atoms. The van der Waals surface area contributed by atoms with Crippen molar-refractivity contribution < 1.29 is 13.2 Å². The van der Waals surface area contributed by atoms with Gasteiger partial charge in [-0.05, 0) is 31.2 Å². The Balaban J connectivity index is 1.54. The highest BCUT2D eigenvalue weighted by molar-refractivity contribution is 7.88. The lowest BCUT2D eigenvalue weighted by molar-refractivity contribution is -0.126. The lowest BCUT2D eigenvalue weighted by atomic mass is 9.97. The van der Waals surface area contributed by atoms with Crippen LogP contribution < -0.4 is 5.32 Å². The van der Waals surface area contributed by atoms with Gasteiger partial charge in [-0.3, -0.25) is 4.79 Å². The number of hydrogen-bond acceptors (Lipinski definition) is 3. The first-order chi connectivity index (χ1) is 10.5. The van der Waals surface area contributed by atoms with Crippen LogP contribution in [0.1, 0.15) is 31.2 Å². The summed E-state index contributed by atoms with van der Waals surface area (Å²) in [5, 5.41) is 3.01. The van der Waals surface area contributed by atoms with E-state index in [0.29, 0.717) is 32.0 Å². The molecular formula is C16H22N2O3S. The summed E-state index contributed by atoms with van der Waals surface area (Å²) in [6.07, 6.45) is 3.39. The van der Waals surface area contributed by atoms with Gasteiger partial charge in [0.05, 0.1) is 5.75 Å². The largest absolute Gasteiger partial charge is 0.353 e. The van der Waals surface area contributed by atoms with Gasteiger partial charge in [-0.25, -0.2) is 12.7 Å². The Bertz CT molecular complexity index is 618. The van der Waals surface area contributed by atoms with Gasteiger partial charge in [-0.1, -0.05) is 30.3 Å². The molecule has 0 spiro atoms. The summed E-state index contributed by atoms with van der Waals surface area (Å²) >= 11 is 0. The normalized spacial score (nSPS) is 20.7. The van der Waals surface area contributed by atoms with Crippen molar-refractivity contribution in [1.29, 1.82) is 0 Å². The summed E-state index contributed by atoms with van der Waals surface area (Å²) in [5.41, 5.74) is 0.802. The summed E-state index contributed by atoms with van der Waals surface area (Å²) < 4.78 is 26.4. The molecule has 0 atom stereocenters. The van der Waals surface area contributed by atoms with E-state index in [1.165, 1.54) is 4.31 Å². The van der Waals surface area contributed by atoms with E-state index in [9.17, 15) is 13.2 Å². The van der Waals surface area contributed by atoms with E-state index in [1.54, 1.807) is 0 Å². The van der Waals surface area contributed by atoms with Crippen molar-refractivity contribution in [1.82, 2.24) is 9.62 Å². The van der Waals surface area contributed by atoms with Crippen LogP contribution in [0.3, 0.4) is 0 Å². The van der Waals surface area contributed by atoms with Crippen molar-refractivity contribution >= 4 is 15.9 Å². The smallest absolute Gasteiger partial charge is 0.223 e. The summed E-state index contributed by atoms with van der Waals surface area (Å²) in [6.45, 7) is 0.885. The topological polar surface area (TPSA) is 66.5 Å². The number of benzene rings is 1. The molecule has 1 aromatic carbocycles. The van der Waals surface area contributed by atoms with Crippen LogP contribution in [0.25, 0.3) is 0 Å². The summed E-state index contributed by atoms with van der Waals surface area (Å²) in [4.78, 5) is 12.0. The molecule has 1 aliphatic heterocycles. The number of piperidine rings is 1. The lowest BCUT2D eigenvalue weighted by Crippen LogP contribution is -2.43. The van der Waals surface area contributed by atoms with Crippen LogP contribution in [-0.4, -0.2) is 37.8 Å². The molecule has 1 saturated carbocycles. The van der Waals surface area contributed by atoms with Gasteiger partial charge >= 0.3 is 0 Å². The molecule has 2 aliphatic rings. The van der Waals surface area contributed by atoms with E-state index >= 15 is 0 Å². The fraction of sp³-hybridized carbons (Fsp3) is 0.562. The first-order valence-corrected chi connectivity index (χ1v) is 9.47. The number of carbonyl (C=O) groups excluding carboxylic acids is 1. The van der Waals surface area contributed by atoms with Gasteiger partial charge in [0, 0.05) is 25.0 Å². The van der Waals surface area contributed by atoms with E-state index in [-0.39, 0.29) is 17.6 Å². The van der Waals surface area contributed by atoms with Crippen molar-refractivity contribution in [2.75, 3.05) is 13.1 Å². The monoisotopic (exact) mass is 322 g/mol. The average Bonchev–Trinajstić information content (AvgIpc) is 3.32. The lowest BCUT2D eigenvalue weighted by Gasteiger charge is -2.30. The number of carbonyl (C=O) groups is 1. The number of amides is 1. The highest BCUT2D eigenvalue weighted by atomic mass is 32.2. The molecule has 3 rings (SSSR count). The van der Waals surface area contributed by atoms with E-state index in [2.05, 4.69) is 5.32 Å². The highest BCUT2D eigenvalue weighted by Gasteiger charge is 2.33. The van der Waals surface area contributed by atoms with Crippen LogP contribution >= 0.6 is 0 Å². The van der Waals surface area contributed by atoms with Crippen molar-refractivity contribution in [2.24, 2.45) is 5.92 Å². The molecule has 5 nitrogen and oxygen atoms in total. The second-order valence-corrected chi connectivity index (χ2v) is 8.17. The van der Waals surface area contributed by atoms with E-state index in [0.717, 1.165) is 18.4 Å². The van der Waals surface area contributed by atoms with Gasteiger partial charge in [0.2, 0.25) is 15.9 Å². The van der Waals surface area contributed by atoms with Crippen LogP contribution in [0.5, 0.6) is 0 Å². The Kier molecular flexibility index (Phi) is 4.49. The molecule has 1 aliphatic carbocycles. The quantitative estimate of drug-likeness (QED) is 0.893. The third-order valence-electron chi connectivity index (χ3n) is 4.33. The maximum absolute atomic E-state index is 12.4.